The van der Waals surface area contributed by atoms with Gasteiger partial charge in [0, 0.05) is 5.92 Å². The van der Waals surface area contributed by atoms with Crippen molar-refractivity contribution in [3.63, 3.8) is 0 Å². The first-order chi connectivity index (χ1) is 14.6. The number of unbranched alkanes of at least 4 members (excludes halogenated alkanes) is 2. The van der Waals surface area contributed by atoms with Crippen LogP contribution in [-0.4, -0.2) is 19.3 Å². The average molecular weight is 421 g/mol. The third-order valence-electron chi connectivity index (χ3n) is 6.78. The monoisotopic (exact) mass is 420 g/mol. The van der Waals surface area contributed by atoms with Crippen LogP contribution in [0.2, 0.25) is 0 Å². The van der Waals surface area contributed by atoms with E-state index >= 15 is 0 Å². The van der Waals surface area contributed by atoms with E-state index in [1.165, 1.54) is 12.8 Å². The zero-order chi connectivity index (χ0) is 21.3. The van der Waals surface area contributed by atoms with Crippen molar-refractivity contribution >= 4 is 0 Å². The molecule has 2 fully saturated rings. The lowest BCUT2D eigenvalue weighted by molar-refractivity contribution is -0.0471. The second kappa shape index (κ2) is 11.8. The van der Waals surface area contributed by atoms with Crippen LogP contribution in [0.3, 0.4) is 0 Å². The molecule has 2 atom stereocenters. The topological polar surface area (TPSA) is 18.5 Å². The van der Waals surface area contributed by atoms with E-state index in [0.29, 0.717) is 30.1 Å². The molecule has 0 radical (unpaired) electrons. The Kier molecular flexibility index (Phi) is 9.17. The van der Waals surface area contributed by atoms with Gasteiger partial charge in [0.15, 0.2) is 11.6 Å². The summed E-state index contributed by atoms with van der Waals surface area (Å²) in [6.07, 6.45) is 15.2. The molecule has 2 nitrogen and oxygen atoms in total. The summed E-state index contributed by atoms with van der Waals surface area (Å²) >= 11 is 0. The number of rotatable bonds is 9. The standard InChI is InChI=1S/C26H38F2O2/c1-3-5-7-8-19-9-15-23(30-18-19)21-12-10-20(11-13-21)22-14-16-24(26(28)25(22)27)29-17-6-4-2/h7-8,14,16,19-21,23H,3-6,9-13,15,17-18H2,1-2H3. The Labute approximate surface area is 181 Å². The lowest BCUT2D eigenvalue weighted by Gasteiger charge is -2.37. The predicted octanol–water partition coefficient (Wildman–Crippen LogP) is 7.57. The molecule has 1 aromatic carbocycles. The minimum atomic E-state index is -0.830. The van der Waals surface area contributed by atoms with Crippen molar-refractivity contribution < 1.29 is 18.3 Å². The fourth-order valence-electron chi connectivity index (χ4n) is 4.87. The maximum Gasteiger partial charge on any atom is 0.200 e. The third kappa shape index (κ3) is 6.06. The summed E-state index contributed by atoms with van der Waals surface area (Å²) in [6, 6.07) is 3.33. The number of benzene rings is 1. The first-order valence-corrected chi connectivity index (χ1v) is 12.0. The molecule has 168 valence electrons. The van der Waals surface area contributed by atoms with Gasteiger partial charge in [0.2, 0.25) is 5.82 Å². The van der Waals surface area contributed by atoms with Gasteiger partial charge in [-0.3, -0.25) is 0 Å². The van der Waals surface area contributed by atoms with Crippen molar-refractivity contribution in [2.45, 2.75) is 90.1 Å². The molecular formula is C26H38F2O2. The molecule has 30 heavy (non-hydrogen) atoms. The molecule has 0 N–H and O–H groups in total. The van der Waals surface area contributed by atoms with E-state index in [-0.39, 0.29) is 11.7 Å². The summed E-state index contributed by atoms with van der Waals surface area (Å²) in [5.41, 5.74) is 0.513. The summed E-state index contributed by atoms with van der Waals surface area (Å²) in [5, 5.41) is 0. The molecule has 0 spiro atoms. The Morgan fingerprint density at radius 3 is 2.47 bits per heavy atom. The lowest BCUT2D eigenvalue weighted by atomic mass is 9.75. The van der Waals surface area contributed by atoms with Crippen LogP contribution in [-0.2, 0) is 4.74 Å². The van der Waals surface area contributed by atoms with Gasteiger partial charge in [-0.05, 0) is 74.8 Å². The molecule has 0 aromatic heterocycles. The highest BCUT2D eigenvalue weighted by Gasteiger charge is 2.33. The van der Waals surface area contributed by atoms with Crippen LogP contribution >= 0.6 is 0 Å². The second-order valence-corrected chi connectivity index (χ2v) is 9.02. The van der Waals surface area contributed by atoms with E-state index in [9.17, 15) is 8.78 Å². The van der Waals surface area contributed by atoms with Gasteiger partial charge in [-0.25, -0.2) is 4.39 Å². The largest absolute Gasteiger partial charge is 0.490 e. The predicted molar refractivity (Wildman–Crippen MR) is 118 cm³/mol. The maximum atomic E-state index is 14.7. The summed E-state index contributed by atoms with van der Waals surface area (Å²) in [4.78, 5) is 0. The third-order valence-corrected chi connectivity index (χ3v) is 6.78. The van der Waals surface area contributed by atoms with Crippen molar-refractivity contribution in [2.75, 3.05) is 13.2 Å². The molecule has 1 saturated carbocycles. The molecule has 1 heterocycles. The van der Waals surface area contributed by atoms with Crippen molar-refractivity contribution in [1.82, 2.24) is 0 Å². The van der Waals surface area contributed by atoms with Crippen LogP contribution in [0.5, 0.6) is 5.75 Å². The van der Waals surface area contributed by atoms with Crippen LogP contribution in [0.4, 0.5) is 8.78 Å². The van der Waals surface area contributed by atoms with Crippen molar-refractivity contribution in [3.8, 4) is 5.75 Å². The molecule has 1 aromatic rings. The van der Waals surface area contributed by atoms with Crippen LogP contribution in [0.1, 0.15) is 89.5 Å². The number of allylic oxidation sites excluding steroid dienone is 1. The molecule has 2 unspecified atom stereocenters. The Morgan fingerprint density at radius 1 is 1.00 bits per heavy atom. The molecule has 1 aliphatic carbocycles. The summed E-state index contributed by atoms with van der Waals surface area (Å²) < 4.78 is 40.7. The van der Waals surface area contributed by atoms with Gasteiger partial charge < -0.3 is 9.47 Å². The molecular weight excluding hydrogens is 382 g/mol. The van der Waals surface area contributed by atoms with Gasteiger partial charge in [-0.1, -0.05) is 44.9 Å². The zero-order valence-electron chi connectivity index (χ0n) is 18.7. The molecule has 1 aliphatic heterocycles. The van der Waals surface area contributed by atoms with Gasteiger partial charge in [-0.2, -0.15) is 4.39 Å². The van der Waals surface area contributed by atoms with Gasteiger partial charge >= 0.3 is 0 Å². The highest BCUT2D eigenvalue weighted by Crippen LogP contribution is 2.41. The number of hydrogen-bond acceptors (Lipinski definition) is 2. The quantitative estimate of drug-likeness (QED) is 0.303. The van der Waals surface area contributed by atoms with Crippen molar-refractivity contribution in [1.29, 1.82) is 0 Å². The molecule has 1 saturated heterocycles. The second-order valence-electron chi connectivity index (χ2n) is 9.02. The molecule has 4 heteroatoms. The highest BCUT2D eigenvalue weighted by atomic mass is 19.2. The summed E-state index contributed by atoms with van der Waals surface area (Å²) in [5.74, 6) is -0.317. The van der Waals surface area contributed by atoms with Crippen LogP contribution in [0.25, 0.3) is 0 Å². The number of hydrogen-bond donors (Lipinski definition) is 0. The van der Waals surface area contributed by atoms with E-state index in [1.54, 1.807) is 12.1 Å². The first-order valence-electron chi connectivity index (χ1n) is 12.0. The fraction of sp³-hybridized carbons (Fsp3) is 0.692. The zero-order valence-corrected chi connectivity index (χ0v) is 18.7. The minimum absolute atomic E-state index is 0.0385. The van der Waals surface area contributed by atoms with E-state index in [1.807, 2.05) is 6.92 Å². The first kappa shape index (κ1) is 23.2. The lowest BCUT2D eigenvalue weighted by Crippen LogP contribution is -2.33. The molecule has 3 rings (SSSR count). The molecule has 2 aliphatic rings. The fourth-order valence-corrected chi connectivity index (χ4v) is 4.87. The summed E-state index contributed by atoms with van der Waals surface area (Å²) in [6.45, 7) is 5.49. The van der Waals surface area contributed by atoms with Gasteiger partial charge in [0.1, 0.15) is 0 Å². The Balaban J connectivity index is 1.49. The van der Waals surface area contributed by atoms with Crippen LogP contribution in [0, 0.1) is 23.5 Å². The SMILES string of the molecule is CCCC=CC1CCC(C2CCC(c3ccc(OCCCC)c(F)c3F)CC2)OC1. The Morgan fingerprint density at radius 2 is 1.80 bits per heavy atom. The van der Waals surface area contributed by atoms with Crippen molar-refractivity contribution in [2.24, 2.45) is 11.8 Å². The van der Waals surface area contributed by atoms with E-state index in [4.69, 9.17) is 9.47 Å². The smallest absolute Gasteiger partial charge is 0.200 e. The number of ether oxygens (including phenoxy) is 2. The van der Waals surface area contributed by atoms with Crippen LogP contribution < -0.4 is 4.74 Å². The Bertz CT molecular complexity index is 672. The van der Waals surface area contributed by atoms with E-state index in [2.05, 4.69) is 19.1 Å². The van der Waals surface area contributed by atoms with E-state index in [0.717, 1.165) is 58.0 Å². The average Bonchev–Trinajstić information content (AvgIpc) is 2.78. The van der Waals surface area contributed by atoms with Gasteiger partial charge in [-0.15, -0.1) is 0 Å². The highest BCUT2D eigenvalue weighted by molar-refractivity contribution is 5.33. The van der Waals surface area contributed by atoms with Crippen LogP contribution in [0.15, 0.2) is 24.3 Å². The number of halogens is 2. The minimum Gasteiger partial charge on any atom is -0.490 e. The molecule has 0 amide bonds. The van der Waals surface area contributed by atoms with Gasteiger partial charge in [0.25, 0.3) is 0 Å². The normalized spacial score (nSPS) is 27.5. The molecule has 0 bridgehead atoms. The van der Waals surface area contributed by atoms with E-state index < -0.39 is 11.6 Å². The maximum absolute atomic E-state index is 14.7. The summed E-state index contributed by atoms with van der Waals surface area (Å²) in [7, 11) is 0. The van der Waals surface area contributed by atoms with Gasteiger partial charge in [0.05, 0.1) is 19.3 Å². The van der Waals surface area contributed by atoms with Crippen molar-refractivity contribution in [3.05, 3.63) is 41.5 Å². The Hall–Kier alpha value is -1.42.